The van der Waals surface area contributed by atoms with Crippen LogP contribution in [0, 0.1) is 5.92 Å². The highest BCUT2D eigenvalue weighted by molar-refractivity contribution is 7.07. The molecule has 39 heavy (non-hydrogen) atoms. The van der Waals surface area contributed by atoms with Crippen molar-refractivity contribution in [2.45, 2.75) is 64.7 Å². The van der Waals surface area contributed by atoms with E-state index in [1.807, 2.05) is 36.7 Å². The number of thiophene rings is 1. The van der Waals surface area contributed by atoms with Gasteiger partial charge in [0.1, 0.15) is 12.1 Å². The number of para-hydroxylation sites is 1. The van der Waals surface area contributed by atoms with Crippen molar-refractivity contribution in [3.05, 3.63) is 58.3 Å². The molecular weight excluding hydrogens is 518 g/mol. The van der Waals surface area contributed by atoms with Gasteiger partial charge in [0.25, 0.3) is 0 Å². The third-order valence-electron chi connectivity index (χ3n) is 6.59. The average Bonchev–Trinajstić information content (AvgIpc) is 3.49. The number of aromatic hydroxyl groups is 2. The lowest BCUT2D eigenvalue weighted by molar-refractivity contribution is -0.133. The zero-order chi connectivity index (χ0) is 28.5. The predicted octanol–water partition coefficient (Wildman–Crippen LogP) is 2.79. The lowest BCUT2D eigenvalue weighted by Gasteiger charge is -2.36. The Labute approximate surface area is 231 Å². The molecule has 0 aliphatic carbocycles. The fourth-order valence-electron chi connectivity index (χ4n) is 4.66. The summed E-state index contributed by atoms with van der Waals surface area (Å²) in [5.41, 5.74) is 7.40. The van der Waals surface area contributed by atoms with Crippen LogP contribution in [0.3, 0.4) is 0 Å². The van der Waals surface area contributed by atoms with Gasteiger partial charge >= 0.3 is 0 Å². The molecule has 11 heteroatoms. The highest BCUT2D eigenvalue weighted by atomic mass is 32.1. The summed E-state index contributed by atoms with van der Waals surface area (Å²) in [6.07, 6.45) is 0.571. The van der Waals surface area contributed by atoms with Crippen LogP contribution >= 0.6 is 11.3 Å². The summed E-state index contributed by atoms with van der Waals surface area (Å²) in [6, 6.07) is 8.25. The molecule has 2 aromatic heterocycles. The summed E-state index contributed by atoms with van der Waals surface area (Å²) in [4.78, 5) is 41.5. The Morgan fingerprint density at radius 1 is 1.15 bits per heavy atom. The molecule has 3 aromatic rings. The summed E-state index contributed by atoms with van der Waals surface area (Å²) in [5, 5.41) is 30.3. The van der Waals surface area contributed by atoms with Crippen molar-refractivity contribution < 1.29 is 24.6 Å². The van der Waals surface area contributed by atoms with Gasteiger partial charge in [-0.25, -0.2) is 4.57 Å². The maximum absolute atomic E-state index is 13.9. The van der Waals surface area contributed by atoms with E-state index in [0.717, 1.165) is 11.1 Å². The standard InChI is InChI=1S/C28H35N5O5S/c1-16(2)12-19(31-27(38)28(3,4)29)25(36)30-20-13-18-6-5-7-21(33-22(34)8-9-23(33)35)24(18)32(26(20)37)14-17-10-11-39-15-17/h5-11,15-16,19-20,34-35H,12-14,29H2,1-4H3,(H,30,36)(H,31,38)/t19-,20?/m1/s1. The van der Waals surface area contributed by atoms with Crippen LogP contribution in [0.15, 0.2) is 47.2 Å². The molecule has 0 radical (unpaired) electrons. The van der Waals surface area contributed by atoms with Crippen molar-refractivity contribution in [1.29, 1.82) is 0 Å². The zero-order valence-electron chi connectivity index (χ0n) is 22.5. The maximum atomic E-state index is 13.9. The van der Waals surface area contributed by atoms with Gasteiger partial charge in [-0.15, -0.1) is 0 Å². The number of anilines is 1. The van der Waals surface area contributed by atoms with Gasteiger partial charge in [-0.1, -0.05) is 26.0 Å². The SMILES string of the molecule is CC(C)C[C@@H](NC(=O)C(C)(C)N)C(=O)NC1Cc2cccc(-n3c(O)ccc3O)c2N(Cc2ccsc2)C1=O. The van der Waals surface area contributed by atoms with Gasteiger partial charge in [0.2, 0.25) is 17.7 Å². The van der Waals surface area contributed by atoms with E-state index in [1.54, 1.807) is 30.9 Å². The van der Waals surface area contributed by atoms with Crippen molar-refractivity contribution in [3.8, 4) is 17.4 Å². The molecule has 0 saturated carbocycles. The number of hydrogen-bond donors (Lipinski definition) is 5. The van der Waals surface area contributed by atoms with Crippen molar-refractivity contribution in [1.82, 2.24) is 15.2 Å². The second-order valence-electron chi connectivity index (χ2n) is 10.9. The highest BCUT2D eigenvalue weighted by Gasteiger charge is 2.38. The minimum atomic E-state index is -1.17. The first-order valence-corrected chi connectivity index (χ1v) is 13.8. The van der Waals surface area contributed by atoms with E-state index in [-0.39, 0.29) is 36.6 Å². The molecule has 0 fully saturated rings. The summed E-state index contributed by atoms with van der Waals surface area (Å²) in [6.45, 7) is 7.24. The Morgan fingerprint density at radius 2 is 1.85 bits per heavy atom. The Kier molecular flexibility index (Phi) is 8.03. The molecule has 4 rings (SSSR count). The monoisotopic (exact) mass is 553 g/mol. The van der Waals surface area contributed by atoms with Crippen LogP contribution in [-0.2, 0) is 27.3 Å². The van der Waals surface area contributed by atoms with Gasteiger partial charge in [-0.05, 0) is 60.2 Å². The van der Waals surface area contributed by atoms with Crippen molar-refractivity contribution in [2.24, 2.45) is 11.7 Å². The molecule has 1 unspecified atom stereocenters. The summed E-state index contributed by atoms with van der Waals surface area (Å²) in [5.74, 6) is -1.50. The highest BCUT2D eigenvalue weighted by Crippen LogP contribution is 2.39. The van der Waals surface area contributed by atoms with Crippen LogP contribution in [-0.4, -0.2) is 50.1 Å². The predicted molar refractivity (Wildman–Crippen MR) is 150 cm³/mol. The molecule has 208 valence electrons. The number of benzene rings is 1. The minimum Gasteiger partial charge on any atom is -0.494 e. The van der Waals surface area contributed by atoms with Crippen molar-refractivity contribution in [2.75, 3.05) is 4.90 Å². The van der Waals surface area contributed by atoms with Crippen LogP contribution in [0.4, 0.5) is 5.69 Å². The normalized spacial score (nSPS) is 16.2. The van der Waals surface area contributed by atoms with Gasteiger partial charge in [0.05, 0.1) is 23.5 Å². The molecule has 0 saturated heterocycles. The number of nitrogens with one attached hydrogen (secondary N) is 2. The molecule has 1 aliphatic heterocycles. The van der Waals surface area contributed by atoms with E-state index in [9.17, 15) is 24.6 Å². The van der Waals surface area contributed by atoms with Gasteiger partial charge < -0.3 is 31.5 Å². The van der Waals surface area contributed by atoms with Crippen molar-refractivity contribution >= 4 is 34.7 Å². The third-order valence-corrected chi connectivity index (χ3v) is 7.32. The van der Waals surface area contributed by atoms with Crippen LogP contribution < -0.4 is 21.3 Å². The number of rotatable bonds is 9. The number of hydrogen-bond acceptors (Lipinski definition) is 7. The largest absolute Gasteiger partial charge is 0.494 e. The van der Waals surface area contributed by atoms with E-state index in [4.69, 9.17) is 5.73 Å². The Bertz CT molecular complexity index is 1340. The maximum Gasteiger partial charge on any atom is 0.250 e. The number of carbonyl (C=O) groups is 3. The Hall–Kier alpha value is -3.83. The van der Waals surface area contributed by atoms with Gasteiger partial charge in [-0.2, -0.15) is 11.3 Å². The second-order valence-corrected chi connectivity index (χ2v) is 11.6. The number of carbonyl (C=O) groups excluding carboxylic acids is 3. The molecule has 3 amide bonds. The average molecular weight is 554 g/mol. The molecular formula is C28H35N5O5S. The van der Waals surface area contributed by atoms with E-state index < -0.39 is 29.4 Å². The lowest BCUT2D eigenvalue weighted by atomic mass is 9.94. The van der Waals surface area contributed by atoms with Gasteiger partial charge in [0.15, 0.2) is 11.8 Å². The number of fused-ring (bicyclic) bond motifs is 1. The number of nitrogens with zero attached hydrogens (tertiary/aromatic N) is 2. The number of nitrogens with two attached hydrogens (primary N) is 1. The summed E-state index contributed by atoms with van der Waals surface area (Å²) in [7, 11) is 0. The van der Waals surface area contributed by atoms with Crippen LogP contribution in [0.2, 0.25) is 0 Å². The van der Waals surface area contributed by atoms with Gasteiger partial charge in [0, 0.05) is 18.6 Å². The molecule has 1 aromatic carbocycles. The van der Waals surface area contributed by atoms with Crippen LogP contribution in [0.5, 0.6) is 11.8 Å². The first-order valence-electron chi connectivity index (χ1n) is 12.8. The van der Waals surface area contributed by atoms with Crippen molar-refractivity contribution in [3.63, 3.8) is 0 Å². The van der Waals surface area contributed by atoms with E-state index in [2.05, 4.69) is 10.6 Å². The number of amides is 3. The summed E-state index contributed by atoms with van der Waals surface area (Å²) < 4.78 is 1.27. The minimum absolute atomic E-state index is 0.101. The Balaban J connectivity index is 1.69. The molecule has 10 nitrogen and oxygen atoms in total. The van der Waals surface area contributed by atoms with E-state index in [0.29, 0.717) is 17.8 Å². The first kappa shape index (κ1) is 28.2. The fraction of sp³-hybridized carbons (Fsp3) is 0.393. The zero-order valence-corrected chi connectivity index (χ0v) is 23.3. The summed E-state index contributed by atoms with van der Waals surface area (Å²) >= 11 is 1.50. The molecule has 3 heterocycles. The Morgan fingerprint density at radius 3 is 2.44 bits per heavy atom. The number of aromatic nitrogens is 1. The molecule has 2 atom stereocenters. The first-order chi connectivity index (χ1) is 18.4. The lowest BCUT2D eigenvalue weighted by Crippen LogP contribution is -2.59. The molecule has 1 aliphatic rings. The fourth-order valence-corrected chi connectivity index (χ4v) is 5.32. The molecule has 0 bridgehead atoms. The van der Waals surface area contributed by atoms with Gasteiger partial charge in [-0.3, -0.25) is 14.4 Å². The second kappa shape index (κ2) is 11.1. The smallest absolute Gasteiger partial charge is 0.250 e. The molecule has 0 spiro atoms. The van der Waals surface area contributed by atoms with E-state index in [1.165, 1.54) is 28.0 Å². The quantitative estimate of drug-likeness (QED) is 0.275. The molecule has 6 N–H and O–H groups in total. The van der Waals surface area contributed by atoms with Crippen LogP contribution in [0.1, 0.15) is 45.2 Å². The topological polar surface area (TPSA) is 150 Å². The van der Waals surface area contributed by atoms with Crippen LogP contribution in [0.25, 0.3) is 5.69 Å². The third kappa shape index (κ3) is 6.10. The van der Waals surface area contributed by atoms with E-state index >= 15 is 0 Å².